The zero-order valence-electron chi connectivity index (χ0n) is 9.27. The highest BCUT2D eigenvalue weighted by atomic mass is 32.2. The second-order valence-corrected chi connectivity index (χ2v) is 5.86. The third-order valence-corrected chi connectivity index (χ3v) is 4.39. The van der Waals surface area contributed by atoms with Crippen LogP contribution in [0.2, 0.25) is 0 Å². The van der Waals surface area contributed by atoms with E-state index in [4.69, 9.17) is 5.73 Å². The van der Waals surface area contributed by atoms with Crippen molar-refractivity contribution in [2.24, 2.45) is 0 Å². The van der Waals surface area contributed by atoms with Gasteiger partial charge >= 0.3 is 0 Å². The number of hydrogen-bond donors (Lipinski definition) is 2. The van der Waals surface area contributed by atoms with Gasteiger partial charge in [-0.15, -0.1) is 0 Å². The van der Waals surface area contributed by atoms with E-state index >= 15 is 0 Å². The first kappa shape index (κ1) is 11.9. The molecule has 6 heteroatoms. The molecular weight excluding hydrogens is 240 g/mol. The zero-order chi connectivity index (χ0) is 11.4. The summed E-state index contributed by atoms with van der Waals surface area (Å²) in [6, 6.07) is 1.79. The van der Waals surface area contributed by atoms with Crippen LogP contribution in [0.1, 0.15) is 12.8 Å². The Morgan fingerprint density at radius 2 is 2.50 bits per heavy atom. The number of nitrogens with two attached hydrogens (primary N) is 1. The Balaban J connectivity index is 1.94. The molecule has 0 bridgehead atoms. The maximum Gasteiger partial charge on any atom is 0.191 e. The summed E-state index contributed by atoms with van der Waals surface area (Å²) in [6.45, 7) is 0.967. The minimum absolute atomic E-state index is 0.529. The zero-order valence-corrected chi connectivity index (χ0v) is 10.9. The van der Waals surface area contributed by atoms with E-state index in [9.17, 15) is 0 Å². The highest BCUT2D eigenvalue weighted by Gasteiger charge is 2.15. The fraction of sp³-hybridized carbons (Fsp3) is 0.600. The van der Waals surface area contributed by atoms with Crippen LogP contribution in [-0.2, 0) is 0 Å². The number of nitrogens with one attached hydrogen (secondary N) is 1. The van der Waals surface area contributed by atoms with E-state index in [1.54, 1.807) is 6.07 Å². The van der Waals surface area contributed by atoms with Gasteiger partial charge < -0.3 is 11.1 Å². The molecule has 1 aromatic heterocycles. The predicted molar refractivity (Wildman–Crippen MR) is 72.2 cm³/mol. The average molecular weight is 256 g/mol. The maximum absolute atomic E-state index is 5.71. The molecule has 0 amide bonds. The minimum atomic E-state index is 0.529. The molecule has 16 heavy (non-hydrogen) atoms. The summed E-state index contributed by atoms with van der Waals surface area (Å²) in [5.41, 5.74) is 5.71. The number of anilines is 2. The average Bonchev–Trinajstić information content (AvgIpc) is 2.78. The first-order valence-electron chi connectivity index (χ1n) is 5.32. The predicted octanol–water partition coefficient (Wildman–Crippen LogP) is 2.09. The van der Waals surface area contributed by atoms with Gasteiger partial charge in [0, 0.05) is 17.9 Å². The molecule has 0 saturated carbocycles. The van der Waals surface area contributed by atoms with Crippen LogP contribution >= 0.6 is 23.5 Å². The van der Waals surface area contributed by atoms with Gasteiger partial charge in [-0.1, -0.05) is 11.8 Å². The van der Waals surface area contributed by atoms with Crippen LogP contribution in [0.5, 0.6) is 0 Å². The summed E-state index contributed by atoms with van der Waals surface area (Å²) in [5, 5.41) is 4.78. The Kier molecular flexibility index (Phi) is 4.17. The molecular formula is C10H16N4S2. The summed E-state index contributed by atoms with van der Waals surface area (Å²) in [4.78, 5) is 8.48. The molecule has 1 saturated heterocycles. The van der Waals surface area contributed by atoms with Gasteiger partial charge in [-0.25, -0.2) is 9.97 Å². The highest BCUT2D eigenvalue weighted by molar-refractivity contribution is 8.00. The Labute approximate surface area is 104 Å². The Hall–Kier alpha value is -0.620. The van der Waals surface area contributed by atoms with E-state index in [1.165, 1.54) is 30.4 Å². The summed E-state index contributed by atoms with van der Waals surface area (Å²) in [6.07, 6.45) is 4.58. The van der Waals surface area contributed by atoms with Crippen molar-refractivity contribution in [3.63, 3.8) is 0 Å². The fourth-order valence-electron chi connectivity index (χ4n) is 1.65. The molecule has 2 rings (SSSR count). The third kappa shape index (κ3) is 3.18. The van der Waals surface area contributed by atoms with Crippen LogP contribution in [0, 0.1) is 0 Å². The first-order valence-corrected chi connectivity index (χ1v) is 7.59. The lowest BCUT2D eigenvalue weighted by atomic mass is 10.2. The van der Waals surface area contributed by atoms with Crippen LogP contribution < -0.4 is 11.1 Å². The van der Waals surface area contributed by atoms with Crippen molar-refractivity contribution in [2.45, 2.75) is 23.2 Å². The number of nitrogen functional groups attached to an aromatic ring is 1. The summed E-state index contributed by atoms with van der Waals surface area (Å²) < 4.78 is 0. The molecule has 0 aromatic carbocycles. The van der Waals surface area contributed by atoms with E-state index in [-0.39, 0.29) is 0 Å². The lowest BCUT2D eigenvalue weighted by Gasteiger charge is -2.11. The lowest BCUT2D eigenvalue weighted by molar-refractivity contribution is 0.801. The third-order valence-electron chi connectivity index (χ3n) is 2.44. The highest BCUT2D eigenvalue weighted by Crippen LogP contribution is 2.26. The molecule has 1 aromatic rings. The van der Waals surface area contributed by atoms with E-state index in [0.717, 1.165) is 17.5 Å². The van der Waals surface area contributed by atoms with Gasteiger partial charge in [-0.3, -0.25) is 0 Å². The van der Waals surface area contributed by atoms with Crippen molar-refractivity contribution in [1.29, 1.82) is 0 Å². The molecule has 1 atom stereocenters. The smallest absolute Gasteiger partial charge is 0.191 e. The normalized spacial score (nSPS) is 19.9. The van der Waals surface area contributed by atoms with Gasteiger partial charge in [-0.2, -0.15) is 11.8 Å². The van der Waals surface area contributed by atoms with Crippen LogP contribution in [0.3, 0.4) is 0 Å². The minimum Gasteiger partial charge on any atom is -0.383 e. The second-order valence-electron chi connectivity index (χ2n) is 3.68. The van der Waals surface area contributed by atoms with Crippen molar-refractivity contribution in [1.82, 2.24) is 9.97 Å². The van der Waals surface area contributed by atoms with Gasteiger partial charge in [0.05, 0.1) is 0 Å². The molecule has 1 unspecified atom stereocenters. The Morgan fingerprint density at radius 1 is 1.62 bits per heavy atom. The largest absolute Gasteiger partial charge is 0.383 e. The van der Waals surface area contributed by atoms with Crippen molar-refractivity contribution in [3.8, 4) is 0 Å². The monoisotopic (exact) mass is 256 g/mol. The molecule has 0 aliphatic carbocycles. The Bertz CT molecular complexity index is 353. The molecule has 1 aliphatic rings. The lowest BCUT2D eigenvalue weighted by Crippen LogP contribution is -2.15. The summed E-state index contributed by atoms with van der Waals surface area (Å²) in [7, 11) is 0. The van der Waals surface area contributed by atoms with Gasteiger partial charge in [-0.05, 0) is 24.9 Å². The number of hydrogen-bond acceptors (Lipinski definition) is 6. The molecule has 4 nitrogen and oxygen atoms in total. The van der Waals surface area contributed by atoms with E-state index < -0.39 is 0 Å². The van der Waals surface area contributed by atoms with Gasteiger partial charge in [0.2, 0.25) is 0 Å². The van der Waals surface area contributed by atoms with Crippen molar-refractivity contribution >= 4 is 35.2 Å². The molecule has 2 heterocycles. The fourth-order valence-corrected chi connectivity index (χ4v) is 3.24. The van der Waals surface area contributed by atoms with E-state index in [1.807, 2.05) is 18.0 Å². The summed E-state index contributed by atoms with van der Waals surface area (Å²) in [5.74, 6) is 2.65. The van der Waals surface area contributed by atoms with Crippen LogP contribution in [0.15, 0.2) is 11.2 Å². The van der Waals surface area contributed by atoms with Crippen LogP contribution in [-0.4, -0.2) is 33.8 Å². The maximum atomic E-state index is 5.71. The van der Waals surface area contributed by atoms with Crippen molar-refractivity contribution in [3.05, 3.63) is 6.07 Å². The van der Waals surface area contributed by atoms with Crippen LogP contribution in [0.25, 0.3) is 0 Å². The van der Waals surface area contributed by atoms with Crippen molar-refractivity contribution in [2.75, 3.05) is 29.6 Å². The molecule has 3 N–H and O–H groups in total. The standard InChI is InChI=1S/C10H16N4S2/c1-15-10-13-8(11)5-9(14-10)12-6-7-3-2-4-16-7/h5,7H,2-4,6H2,1H3,(H3,11,12,13,14). The van der Waals surface area contributed by atoms with Gasteiger partial charge in [0.15, 0.2) is 5.16 Å². The molecule has 0 radical (unpaired) electrons. The second kappa shape index (κ2) is 5.63. The number of nitrogens with zero attached hydrogens (tertiary/aromatic N) is 2. The number of rotatable bonds is 4. The van der Waals surface area contributed by atoms with Gasteiger partial charge in [0.1, 0.15) is 11.6 Å². The van der Waals surface area contributed by atoms with Crippen LogP contribution in [0.4, 0.5) is 11.6 Å². The van der Waals surface area contributed by atoms with E-state index in [0.29, 0.717) is 11.1 Å². The number of aromatic nitrogens is 2. The topological polar surface area (TPSA) is 63.8 Å². The van der Waals surface area contributed by atoms with E-state index in [2.05, 4.69) is 15.3 Å². The quantitative estimate of drug-likeness (QED) is 0.635. The van der Waals surface area contributed by atoms with Gasteiger partial charge in [0.25, 0.3) is 0 Å². The number of thioether (sulfide) groups is 2. The molecule has 1 aliphatic heterocycles. The molecule has 88 valence electrons. The SMILES string of the molecule is CSc1nc(N)cc(NCC2CCCS2)n1. The first-order chi connectivity index (χ1) is 7.78. The van der Waals surface area contributed by atoms with Crippen molar-refractivity contribution < 1.29 is 0 Å². The Morgan fingerprint density at radius 3 is 3.19 bits per heavy atom. The molecule has 0 spiro atoms. The molecule has 1 fully saturated rings. The summed E-state index contributed by atoms with van der Waals surface area (Å²) >= 11 is 3.54.